The van der Waals surface area contributed by atoms with Crippen LogP contribution in [0.3, 0.4) is 0 Å². The van der Waals surface area contributed by atoms with E-state index >= 15 is 0 Å². The number of benzene rings is 1. The number of nitrogens with zero attached hydrogens (tertiary/aromatic N) is 1. The molecule has 114 valence electrons. The van der Waals surface area contributed by atoms with Crippen LogP contribution in [0.1, 0.15) is 31.2 Å². The van der Waals surface area contributed by atoms with E-state index in [-0.39, 0.29) is 18.4 Å². The van der Waals surface area contributed by atoms with E-state index in [2.05, 4.69) is 0 Å². The van der Waals surface area contributed by atoms with E-state index in [4.69, 9.17) is 5.11 Å². The summed E-state index contributed by atoms with van der Waals surface area (Å²) in [5, 5.41) is 8.95. The van der Waals surface area contributed by atoms with Crippen molar-refractivity contribution < 1.29 is 14.7 Å². The number of aliphatic carboxylic acids is 1. The highest BCUT2D eigenvalue weighted by molar-refractivity contribution is 7.99. The summed E-state index contributed by atoms with van der Waals surface area (Å²) in [5.74, 6) is 0.480. The standard InChI is InChI=1S/C16H21NO3S/c18-15(12-21-11-13-6-2-1-3-7-13)17-9-5-4-8-14(17)10-16(19)20/h1-3,6-7,14H,4-5,8-12H2,(H,19,20). The number of piperidine rings is 1. The fourth-order valence-corrected chi connectivity index (χ4v) is 3.53. The summed E-state index contributed by atoms with van der Waals surface area (Å²) in [5.41, 5.74) is 1.20. The van der Waals surface area contributed by atoms with Crippen molar-refractivity contribution in [3.05, 3.63) is 35.9 Å². The molecule has 4 nitrogen and oxygen atoms in total. The second-order valence-electron chi connectivity index (χ2n) is 5.31. The van der Waals surface area contributed by atoms with Crippen molar-refractivity contribution in [1.82, 2.24) is 4.90 Å². The van der Waals surface area contributed by atoms with Crippen molar-refractivity contribution in [2.75, 3.05) is 12.3 Å². The molecule has 1 amide bonds. The lowest BCUT2D eigenvalue weighted by molar-refractivity contribution is -0.141. The number of hydrogen-bond acceptors (Lipinski definition) is 3. The van der Waals surface area contributed by atoms with Crippen LogP contribution in [0.15, 0.2) is 30.3 Å². The Bertz CT molecular complexity index is 478. The SMILES string of the molecule is O=C(O)CC1CCCCN1C(=O)CSCc1ccccc1. The van der Waals surface area contributed by atoms with E-state index in [0.29, 0.717) is 12.3 Å². The summed E-state index contributed by atoms with van der Waals surface area (Å²) in [6.45, 7) is 0.697. The van der Waals surface area contributed by atoms with Crippen LogP contribution in [0.2, 0.25) is 0 Å². The lowest BCUT2D eigenvalue weighted by atomic mass is 9.99. The van der Waals surface area contributed by atoms with Crippen LogP contribution in [-0.4, -0.2) is 40.2 Å². The van der Waals surface area contributed by atoms with Crippen molar-refractivity contribution in [2.24, 2.45) is 0 Å². The van der Waals surface area contributed by atoms with Gasteiger partial charge in [0.15, 0.2) is 0 Å². The molecule has 0 aromatic heterocycles. The molecule has 1 unspecified atom stereocenters. The third-order valence-electron chi connectivity index (χ3n) is 3.69. The molecule has 2 rings (SSSR count). The topological polar surface area (TPSA) is 57.6 Å². The first-order valence-electron chi connectivity index (χ1n) is 7.30. The van der Waals surface area contributed by atoms with Gasteiger partial charge >= 0.3 is 5.97 Å². The molecule has 0 radical (unpaired) electrons. The van der Waals surface area contributed by atoms with Crippen LogP contribution in [0, 0.1) is 0 Å². The van der Waals surface area contributed by atoms with E-state index in [0.717, 1.165) is 25.0 Å². The van der Waals surface area contributed by atoms with Crippen LogP contribution in [0.5, 0.6) is 0 Å². The molecule has 1 aliphatic heterocycles. The molecule has 1 aromatic rings. The molecule has 1 aliphatic rings. The van der Waals surface area contributed by atoms with Gasteiger partial charge in [0.2, 0.25) is 5.91 Å². The zero-order chi connectivity index (χ0) is 15.1. The Balaban J connectivity index is 1.81. The van der Waals surface area contributed by atoms with Gasteiger partial charge < -0.3 is 10.0 Å². The van der Waals surface area contributed by atoms with Gasteiger partial charge in [-0.25, -0.2) is 0 Å². The summed E-state index contributed by atoms with van der Waals surface area (Å²) < 4.78 is 0. The average molecular weight is 307 g/mol. The van der Waals surface area contributed by atoms with Gasteiger partial charge in [-0.2, -0.15) is 0 Å². The second-order valence-corrected chi connectivity index (χ2v) is 6.30. The molecular weight excluding hydrogens is 286 g/mol. The van der Waals surface area contributed by atoms with Crippen LogP contribution < -0.4 is 0 Å². The molecule has 0 saturated carbocycles. The fraction of sp³-hybridized carbons (Fsp3) is 0.500. The molecule has 1 atom stereocenters. The van der Waals surface area contributed by atoms with Gasteiger partial charge in [-0.15, -0.1) is 11.8 Å². The molecule has 5 heteroatoms. The molecule has 1 N–H and O–H groups in total. The van der Waals surface area contributed by atoms with Gasteiger partial charge in [0.05, 0.1) is 12.2 Å². The van der Waals surface area contributed by atoms with Crippen LogP contribution in [0.4, 0.5) is 0 Å². The predicted octanol–water partition coefficient (Wildman–Crippen LogP) is 2.78. The molecule has 0 spiro atoms. The Morgan fingerprint density at radius 1 is 1.24 bits per heavy atom. The quantitative estimate of drug-likeness (QED) is 0.878. The normalized spacial score (nSPS) is 18.5. The van der Waals surface area contributed by atoms with E-state index in [1.54, 1.807) is 16.7 Å². The minimum Gasteiger partial charge on any atom is -0.481 e. The summed E-state index contributed by atoms with van der Waals surface area (Å²) in [7, 11) is 0. The third kappa shape index (κ3) is 5.08. The van der Waals surface area contributed by atoms with E-state index < -0.39 is 5.97 Å². The minimum absolute atomic E-state index is 0.0646. The average Bonchev–Trinajstić information content (AvgIpc) is 2.48. The third-order valence-corrected chi connectivity index (χ3v) is 4.68. The molecule has 1 heterocycles. The lowest BCUT2D eigenvalue weighted by Gasteiger charge is -2.35. The number of rotatable bonds is 6. The Morgan fingerprint density at radius 3 is 2.71 bits per heavy atom. The molecular formula is C16H21NO3S. The number of thioether (sulfide) groups is 1. The van der Waals surface area contributed by atoms with Crippen LogP contribution >= 0.6 is 11.8 Å². The second kappa shape index (κ2) is 8.08. The molecule has 0 aliphatic carbocycles. The monoisotopic (exact) mass is 307 g/mol. The summed E-state index contributed by atoms with van der Waals surface area (Å²) >= 11 is 1.59. The zero-order valence-electron chi connectivity index (χ0n) is 12.0. The molecule has 1 fully saturated rings. The number of carbonyl (C=O) groups is 2. The number of carboxylic acid groups (broad SMARTS) is 1. The first kappa shape index (κ1) is 15.9. The molecule has 21 heavy (non-hydrogen) atoms. The molecule has 1 saturated heterocycles. The van der Waals surface area contributed by atoms with Crippen LogP contribution in [0.25, 0.3) is 0 Å². The smallest absolute Gasteiger partial charge is 0.305 e. The van der Waals surface area contributed by atoms with E-state index in [1.165, 1.54) is 5.56 Å². The van der Waals surface area contributed by atoms with Crippen molar-refractivity contribution in [1.29, 1.82) is 0 Å². The first-order chi connectivity index (χ1) is 10.2. The Hall–Kier alpha value is -1.49. The number of hydrogen-bond donors (Lipinski definition) is 1. The highest BCUT2D eigenvalue weighted by Crippen LogP contribution is 2.21. The zero-order valence-corrected chi connectivity index (χ0v) is 12.8. The summed E-state index contributed by atoms with van der Waals surface area (Å²) in [4.78, 5) is 25.0. The largest absolute Gasteiger partial charge is 0.481 e. The Labute approximate surface area is 129 Å². The maximum absolute atomic E-state index is 12.3. The van der Waals surface area contributed by atoms with Gasteiger partial charge in [0.25, 0.3) is 0 Å². The number of likely N-dealkylation sites (tertiary alicyclic amines) is 1. The number of carboxylic acids is 1. The highest BCUT2D eigenvalue weighted by Gasteiger charge is 2.28. The van der Waals surface area contributed by atoms with E-state index in [1.807, 2.05) is 30.3 Å². The van der Waals surface area contributed by atoms with Gasteiger partial charge in [-0.3, -0.25) is 9.59 Å². The van der Waals surface area contributed by atoms with Gasteiger partial charge in [0.1, 0.15) is 0 Å². The summed E-state index contributed by atoms with van der Waals surface area (Å²) in [6.07, 6.45) is 2.86. The van der Waals surface area contributed by atoms with Gasteiger partial charge in [0, 0.05) is 18.3 Å². The van der Waals surface area contributed by atoms with Gasteiger partial charge in [-0.05, 0) is 24.8 Å². The van der Waals surface area contributed by atoms with Gasteiger partial charge in [-0.1, -0.05) is 30.3 Å². The van der Waals surface area contributed by atoms with Crippen molar-refractivity contribution in [3.63, 3.8) is 0 Å². The summed E-state index contributed by atoms with van der Waals surface area (Å²) in [6, 6.07) is 9.93. The Morgan fingerprint density at radius 2 is 2.00 bits per heavy atom. The first-order valence-corrected chi connectivity index (χ1v) is 8.45. The predicted molar refractivity (Wildman–Crippen MR) is 84.2 cm³/mol. The maximum atomic E-state index is 12.3. The molecule has 1 aromatic carbocycles. The number of amides is 1. The lowest BCUT2D eigenvalue weighted by Crippen LogP contribution is -2.45. The molecule has 0 bridgehead atoms. The van der Waals surface area contributed by atoms with Crippen molar-refractivity contribution in [2.45, 2.75) is 37.5 Å². The van der Waals surface area contributed by atoms with Crippen molar-refractivity contribution >= 4 is 23.6 Å². The Kier molecular flexibility index (Phi) is 6.11. The fourth-order valence-electron chi connectivity index (χ4n) is 2.66. The van der Waals surface area contributed by atoms with Crippen molar-refractivity contribution in [3.8, 4) is 0 Å². The highest BCUT2D eigenvalue weighted by atomic mass is 32.2. The maximum Gasteiger partial charge on any atom is 0.305 e. The van der Waals surface area contributed by atoms with E-state index in [9.17, 15) is 9.59 Å². The minimum atomic E-state index is -0.823. The number of carbonyl (C=O) groups excluding carboxylic acids is 1. The van der Waals surface area contributed by atoms with Crippen LogP contribution in [-0.2, 0) is 15.3 Å².